The first-order valence-corrected chi connectivity index (χ1v) is 6.86. The molecule has 0 aliphatic heterocycles. The molecule has 0 saturated carbocycles. The molecule has 98 valence electrons. The van der Waals surface area contributed by atoms with Crippen LogP contribution in [-0.4, -0.2) is 5.78 Å². The van der Waals surface area contributed by atoms with Gasteiger partial charge in [-0.05, 0) is 18.6 Å². The van der Waals surface area contributed by atoms with Crippen LogP contribution in [-0.2, 0) is 6.67 Å². The topological polar surface area (TPSA) is 17.1 Å². The van der Waals surface area contributed by atoms with Crippen molar-refractivity contribution in [1.29, 1.82) is 0 Å². The Bertz CT molecular complexity index is 626. The second kappa shape index (κ2) is 5.85. The van der Waals surface area contributed by atoms with Gasteiger partial charge in [0.05, 0.1) is 0 Å². The minimum Gasteiger partial charge on any atom is -0.294 e. The highest BCUT2D eigenvalue weighted by Gasteiger charge is 2.20. The van der Waals surface area contributed by atoms with Gasteiger partial charge in [0.1, 0.15) is 6.67 Å². The fourth-order valence-corrected chi connectivity index (χ4v) is 3.11. The van der Waals surface area contributed by atoms with Gasteiger partial charge in [-0.2, -0.15) is 0 Å². The van der Waals surface area contributed by atoms with E-state index >= 15 is 0 Å². The highest BCUT2D eigenvalue weighted by atomic mass is 79.9. The van der Waals surface area contributed by atoms with Crippen molar-refractivity contribution in [3.8, 4) is 11.1 Å². The molecule has 0 aromatic heterocycles. The van der Waals surface area contributed by atoms with E-state index in [0.717, 1.165) is 5.56 Å². The number of rotatable bonds is 3. The summed E-state index contributed by atoms with van der Waals surface area (Å²) in [6.45, 7) is 0.657. The summed E-state index contributed by atoms with van der Waals surface area (Å²) < 4.78 is 13.9. The van der Waals surface area contributed by atoms with Crippen molar-refractivity contribution < 1.29 is 9.18 Å². The van der Waals surface area contributed by atoms with Crippen LogP contribution in [0.1, 0.15) is 22.8 Å². The summed E-state index contributed by atoms with van der Waals surface area (Å²) in [5.41, 5.74) is 2.13. The van der Waals surface area contributed by atoms with E-state index in [1.54, 1.807) is 6.07 Å². The van der Waals surface area contributed by atoms with Crippen LogP contribution in [0.25, 0.3) is 11.1 Å². The van der Waals surface area contributed by atoms with E-state index in [2.05, 4.69) is 15.9 Å². The summed E-state index contributed by atoms with van der Waals surface area (Å²) in [6.07, 6.45) is 0. The normalized spacial score (nSPS) is 10.5. The number of carbonyl (C=O) groups excluding carboxylic acids is 1. The largest absolute Gasteiger partial charge is 0.294 e. The Morgan fingerprint density at radius 1 is 1.32 bits per heavy atom. The molecule has 4 heteroatoms. The van der Waals surface area contributed by atoms with Crippen LogP contribution < -0.4 is 0 Å². The van der Waals surface area contributed by atoms with Crippen molar-refractivity contribution in [3.63, 3.8) is 0 Å². The standard InChI is InChI=1S/C15H11BrClFO/c1-9(19)14-11(8-18)13(17)7-12(16)15(14)10-5-3-2-4-6-10/h2-7H,8H2,1H3. The summed E-state index contributed by atoms with van der Waals surface area (Å²) in [4.78, 5) is 11.9. The molecule has 0 aliphatic carbocycles. The lowest BCUT2D eigenvalue weighted by Crippen LogP contribution is -2.03. The van der Waals surface area contributed by atoms with Gasteiger partial charge in [-0.15, -0.1) is 0 Å². The third-order valence-corrected chi connectivity index (χ3v) is 3.84. The second-order valence-corrected chi connectivity index (χ2v) is 5.39. The molecule has 0 aliphatic rings. The zero-order valence-electron chi connectivity index (χ0n) is 10.2. The molecule has 2 aromatic rings. The Morgan fingerprint density at radius 2 is 1.95 bits per heavy atom. The fourth-order valence-electron chi connectivity index (χ4n) is 2.07. The molecular weight excluding hydrogens is 331 g/mol. The lowest BCUT2D eigenvalue weighted by molar-refractivity contribution is 0.101. The monoisotopic (exact) mass is 340 g/mol. The summed E-state index contributed by atoms with van der Waals surface area (Å²) in [7, 11) is 0. The molecule has 0 atom stereocenters. The molecule has 0 spiro atoms. The molecule has 19 heavy (non-hydrogen) atoms. The van der Waals surface area contributed by atoms with Crippen LogP contribution in [0.15, 0.2) is 40.9 Å². The Kier molecular flexibility index (Phi) is 4.38. The van der Waals surface area contributed by atoms with E-state index in [9.17, 15) is 9.18 Å². The van der Waals surface area contributed by atoms with Gasteiger partial charge >= 0.3 is 0 Å². The highest BCUT2D eigenvalue weighted by molar-refractivity contribution is 9.10. The first kappa shape index (κ1) is 14.2. The summed E-state index contributed by atoms with van der Waals surface area (Å²) in [6, 6.07) is 11.0. The van der Waals surface area contributed by atoms with E-state index in [1.807, 2.05) is 30.3 Å². The van der Waals surface area contributed by atoms with Gasteiger partial charge < -0.3 is 0 Å². The third-order valence-electron chi connectivity index (χ3n) is 2.88. The number of hydrogen-bond acceptors (Lipinski definition) is 1. The molecule has 0 N–H and O–H groups in total. The van der Waals surface area contributed by atoms with Gasteiger partial charge in [0.15, 0.2) is 5.78 Å². The van der Waals surface area contributed by atoms with Crippen molar-refractivity contribution in [2.45, 2.75) is 13.6 Å². The number of Topliss-reactive ketones (excluding diaryl/α,β-unsaturated/α-hetero) is 1. The van der Waals surface area contributed by atoms with E-state index in [-0.39, 0.29) is 16.4 Å². The minimum absolute atomic E-state index is 0.199. The molecule has 0 fully saturated rings. The van der Waals surface area contributed by atoms with Gasteiger partial charge in [-0.25, -0.2) is 4.39 Å². The average molecular weight is 342 g/mol. The van der Waals surface area contributed by atoms with Crippen LogP contribution in [0.3, 0.4) is 0 Å². The summed E-state index contributed by atoms with van der Waals surface area (Å²) >= 11 is 9.42. The minimum atomic E-state index is -0.763. The molecule has 0 radical (unpaired) electrons. The van der Waals surface area contributed by atoms with Gasteiger partial charge in [-0.1, -0.05) is 57.9 Å². The Morgan fingerprint density at radius 3 is 2.47 bits per heavy atom. The number of carbonyl (C=O) groups is 1. The summed E-state index contributed by atoms with van der Waals surface area (Å²) in [5, 5.41) is 0.263. The number of benzene rings is 2. The number of alkyl halides is 1. The van der Waals surface area contributed by atoms with E-state index in [1.165, 1.54) is 6.92 Å². The number of ketones is 1. The predicted molar refractivity (Wildman–Crippen MR) is 79.4 cm³/mol. The third kappa shape index (κ3) is 2.72. The van der Waals surface area contributed by atoms with Crippen LogP contribution in [0.4, 0.5) is 4.39 Å². The summed E-state index contributed by atoms with van der Waals surface area (Å²) in [5.74, 6) is -0.199. The quantitative estimate of drug-likeness (QED) is 0.679. The molecule has 2 aromatic carbocycles. The highest BCUT2D eigenvalue weighted by Crippen LogP contribution is 2.38. The van der Waals surface area contributed by atoms with Crippen molar-refractivity contribution in [2.24, 2.45) is 0 Å². The molecule has 2 rings (SSSR count). The Hall–Kier alpha value is -1.19. The maximum atomic E-state index is 13.2. The van der Waals surface area contributed by atoms with E-state index in [4.69, 9.17) is 11.6 Å². The van der Waals surface area contributed by atoms with Gasteiger partial charge in [0.2, 0.25) is 0 Å². The van der Waals surface area contributed by atoms with Crippen LogP contribution in [0.5, 0.6) is 0 Å². The first-order chi connectivity index (χ1) is 9.06. The zero-order valence-corrected chi connectivity index (χ0v) is 12.6. The van der Waals surface area contributed by atoms with E-state index < -0.39 is 6.67 Å². The van der Waals surface area contributed by atoms with Crippen LogP contribution >= 0.6 is 27.5 Å². The Balaban J connectivity index is 2.83. The Labute approximate surface area is 124 Å². The van der Waals surface area contributed by atoms with Crippen molar-refractivity contribution in [2.75, 3.05) is 0 Å². The fraction of sp³-hybridized carbons (Fsp3) is 0.133. The molecule has 0 unspecified atom stereocenters. The van der Waals surface area contributed by atoms with Gasteiger partial charge in [0, 0.05) is 26.2 Å². The molecule has 0 saturated heterocycles. The molecular formula is C15H11BrClFO. The molecule has 0 bridgehead atoms. The SMILES string of the molecule is CC(=O)c1c(CF)c(Cl)cc(Br)c1-c1ccccc1. The maximum absolute atomic E-state index is 13.2. The van der Waals surface area contributed by atoms with Crippen LogP contribution in [0.2, 0.25) is 5.02 Å². The van der Waals surface area contributed by atoms with E-state index in [0.29, 0.717) is 15.6 Å². The second-order valence-electron chi connectivity index (χ2n) is 4.12. The molecule has 0 heterocycles. The number of hydrogen-bond donors (Lipinski definition) is 0. The van der Waals surface area contributed by atoms with Crippen LogP contribution in [0, 0.1) is 0 Å². The lowest BCUT2D eigenvalue weighted by atomic mass is 9.93. The van der Waals surface area contributed by atoms with Crippen molar-refractivity contribution >= 4 is 33.3 Å². The first-order valence-electron chi connectivity index (χ1n) is 5.69. The smallest absolute Gasteiger partial charge is 0.160 e. The number of halogens is 3. The average Bonchev–Trinajstić information content (AvgIpc) is 2.38. The molecule has 0 amide bonds. The lowest BCUT2D eigenvalue weighted by Gasteiger charge is -2.15. The van der Waals surface area contributed by atoms with Gasteiger partial charge in [-0.3, -0.25) is 4.79 Å². The van der Waals surface area contributed by atoms with Gasteiger partial charge in [0.25, 0.3) is 0 Å². The zero-order chi connectivity index (χ0) is 14.0. The predicted octanol–water partition coefficient (Wildman–Crippen LogP) is 5.44. The molecule has 1 nitrogen and oxygen atoms in total. The maximum Gasteiger partial charge on any atom is 0.160 e. The van der Waals surface area contributed by atoms with Crippen molar-refractivity contribution in [3.05, 3.63) is 57.0 Å². The van der Waals surface area contributed by atoms with Crippen molar-refractivity contribution in [1.82, 2.24) is 0 Å².